The fourth-order valence-corrected chi connectivity index (χ4v) is 7.18. The standard InChI is InChI=1S/C16H24N2O4SSi/c1-16(2,3)24(5,6)18-23(20,21)14-12(10-11-17)8-7-9-13(14)15(19)22-4/h7-9,18H,10H2,1-6H3. The van der Waals surface area contributed by atoms with E-state index in [1.54, 1.807) is 6.07 Å². The van der Waals surface area contributed by atoms with Gasteiger partial charge < -0.3 is 4.74 Å². The predicted octanol–water partition coefficient (Wildman–Crippen LogP) is 2.82. The molecule has 0 aromatic heterocycles. The average molecular weight is 369 g/mol. The van der Waals surface area contributed by atoms with E-state index in [1.165, 1.54) is 19.2 Å². The molecular weight excluding hydrogens is 344 g/mol. The van der Waals surface area contributed by atoms with Crippen molar-refractivity contribution in [3.05, 3.63) is 29.3 Å². The molecule has 1 aromatic carbocycles. The number of ether oxygens (including phenoxy) is 1. The van der Waals surface area contributed by atoms with Gasteiger partial charge in [-0.05, 0) is 16.7 Å². The lowest BCUT2D eigenvalue weighted by atomic mass is 10.1. The Kier molecular flexibility index (Phi) is 5.98. The summed E-state index contributed by atoms with van der Waals surface area (Å²) in [5.41, 5.74) is 0.225. The molecule has 0 aliphatic rings. The number of methoxy groups -OCH3 is 1. The number of hydrogen-bond donors (Lipinski definition) is 1. The summed E-state index contributed by atoms with van der Waals surface area (Å²) in [7, 11) is -5.20. The maximum absolute atomic E-state index is 13.0. The molecule has 24 heavy (non-hydrogen) atoms. The van der Waals surface area contributed by atoms with Gasteiger partial charge in [0.1, 0.15) is 13.1 Å². The second-order valence-corrected chi connectivity index (χ2v) is 14.1. The number of sulfonamides is 1. The number of esters is 1. The Labute approximate surface area is 145 Å². The minimum atomic E-state index is -3.98. The number of carbonyl (C=O) groups is 1. The van der Waals surface area contributed by atoms with E-state index in [4.69, 9.17) is 10.00 Å². The highest BCUT2D eigenvalue weighted by Crippen LogP contribution is 2.35. The van der Waals surface area contributed by atoms with Gasteiger partial charge in [-0.1, -0.05) is 46.0 Å². The van der Waals surface area contributed by atoms with E-state index >= 15 is 0 Å². The molecule has 1 rings (SSSR count). The molecule has 0 aliphatic carbocycles. The number of nitrogens with zero attached hydrogens (tertiary/aromatic N) is 1. The predicted molar refractivity (Wildman–Crippen MR) is 94.6 cm³/mol. The highest BCUT2D eigenvalue weighted by molar-refractivity contribution is 7.91. The largest absolute Gasteiger partial charge is 0.465 e. The number of carbonyl (C=O) groups excluding carboxylic acids is 1. The summed E-state index contributed by atoms with van der Waals surface area (Å²) in [4.78, 5) is 11.9. The van der Waals surface area contributed by atoms with Gasteiger partial charge in [-0.25, -0.2) is 17.6 Å². The lowest BCUT2D eigenvalue weighted by molar-refractivity contribution is 0.0596. The van der Waals surface area contributed by atoms with Crippen LogP contribution in [0.4, 0.5) is 0 Å². The Balaban J connectivity index is 3.58. The van der Waals surface area contributed by atoms with E-state index in [0.29, 0.717) is 0 Å². The number of benzene rings is 1. The maximum Gasteiger partial charge on any atom is 0.339 e. The first-order valence-corrected chi connectivity index (χ1v) is 12.0. The molecule has 8 heteroatoms. The van der Waals surface area contributed by atoms with Crippen molar-refractivity contribution >= 4 is 24.2 Å². The van der Waals surface area contributed by atoms with Crippen LogP contribution in [0.2, 0.25) is 18.1 Å². The van der Waals surface area contributed by atoms with Crippen molar-refractivity contribution in [1.82, 2.24) is 4.39 Å². The molecule has 0 saturated carbocycles. The van der Waals surface area contributed by atoms with Crippen LogP contribution in [0.15, 0.2) is 23.1 Å². The fourth-order valence-electron chi connectivity index (χ4n) is 1.94. The molecule has 0 heterocycles. The molecule has 6 nitrogen and oxygen atoms in total. The van der Waals surface area contributed by atoms with Gasteiger partial charge >= 0.3 is 5.97 Å². The zero-order valence-corrected chi connectivity index (χ0v) is 16.7. The summed E-state index contributed by atoms with van der Waals surface area (Å²) in [6.07, 6.45) is -0.113. The molecule has 0 bridgehead atoms. The second kappa shape index (κ2) is 7.05. The summed E-state index contributed by atoms with van der Waals surface area (Å²) in [5.74, 6) is -0.745. The molecule has 0 saturated heterocycles. The molecule has 0 atom stereocenters. The first-order valence-electron chi connectivity index (χ1n) is 7.48. The third-order valence-electron chi connectivity index (χ3n) is 4.30. The van der Waals surface area contributed by atoms with E-state index in [1.807, 2.05) is 39.9 Å². The van der Waals surface area contributed by atoms with Crippen LogP contribution < -0.4 is 4.39 Å². The molecular formula is C16H24N2O4SSi. The fraction of sp³-hybridized carbons (Fsp3) is 0.500. The zero-order valence-electron chi connectivity index (χ0n) is 14.9. The number of nitrogens with one attached hydrogen (secondary N) is 1. The minimum absolute atomic E-state index is 0.0588. The highest BCUT2D eigenvalue weighted by Gasteiger charge is 2.41. The Morgan fingerprint density at radius 3 is 2.38 bits per heavy atom. The van der Waals surface area contributed by atoms with E-state index in [0.717, 1.165) is 0 Å². The van der Waals surface area contributed by atoms with Crippen LogP contribution in [-0.4, -0.2) is 29.7 Å². The van der Waals surface area contributed by atoms with Gasteiger partial charge in [0, 0.05) is 0 Å². The van der Waals surface area contributed by atoms with Crippen LogP contribution >= 0.6 is 0 Å². The Hall–Kier alpha value is -1.69. The van der Waals surface area contributed by atoms with Crippen molar-refractivity contribution < 1.29 is 17.9 Å². The van der Waals surface area contributed by atoms with Gasteiger partial charge in [0.05, 0.1) is 25.2 Å². The van der Waals surface area contributed by atoms with Crippen LogP contribution in [0.1, 0.15) is 36.7 Å². The van der Waals surface area contributed by atoms with E-state index in [2.05, 4.69) is 4.39 Å². The molecule has 0 unspecified atom stereocenters. The normalized spacial score (nSPS) is 12.5. The Morgan fingerprint density at radius 2 is 1.92 bits per heavy atom. The smallest absolute Gasteiger partial charge is 0.339 e. The van der Waals surface area contributed by atoms with Crippen molar-refractivity contribution in [3.8, 4) is 6.07 Å². The van der Waals surface area contributed by atoms with E-state index in [-0.39, 0.29) is 27.5 Å². The van der Waals surface area contributed by atoms with Gasteiger partial charge in [-0.2, -0.15) is 5.26 Å². The SMILES string of the molecule is COC(=O)c1cccc(CC#N)c1S(=O)(=O)N[Si](C)(C)C(C)(C)C. The van der Waals surface area contributed by atoms with Crippen molar-refractivity contribution in [2.75, 3.05) is 7.11 Å². The van der Waals surface area contributed by atoms with Gasteiger partial charge in [0.2, 0.25) is 10.0 Å². The minimum Gasteiger partial charge on any atom is -0.465 e. The molecule has 0 amide bonds. The van der Waals surface area contributed by atoms with Crippen molar-refractivity contribution in [2.45, 2.75) is 50.2 Å². The quantitative estimate of drug-likeness (QED) is 0.637. The summed E-state index contributed by atoms with van der Waals surface area (Å²) in [6, 6.07) is 6.42. The molecule has 0 aliphatic heterocycles. The lowest BCUT2D eigenvalue weighted by Gasteiger charge is -2.37. The lowest BCUT2D eigenvalue weighted by Crippen LogP contribution is -2.54. The number of hydrogen-bond acceptors (Lipinski definition) is 5. The third-order valence-corrected chi connectivity index (χ3v) is 12.2. The monoisotopic (exact) mass is 368 g/mol. The topological polar surface area (TPSA) is 96.3 Å². The Bertz CT molecular complexity index is 774. The molecule has 0 radical (unpaired) electrons. The van der Waals surface area contributed by atoms with Gasteiger partial charge in [0.15, 0.2) is 0 Å². The third kappa shape index (κ3) is 4.23. The van der Waals surface area contributed by atoms with Crippen molar-refractivity contribution in [1.29, 1.82) is 5.26 Å². The maximum atomic E-state index is 13.0. The summed E-state index contributed by atoms with van der Waals surface area (Å²) < 4.78 is 33.6. The Morgan fingerprint density at radius 1 is 1.33 bits per heavy atom. The van der Waals surface area contributed by atoms with Crippen LogP contribution in [0, 0.1) is 11.3 Å². The van der Waals surface area contributed by atoms with E-state index in [9.17, 15) is 13.2 Å². The van der Waals surface area contributed by atoms with E-state index < -0.39 is 24.2 Å². The second-order valence-electron chi connectivity index (χ2n) is 7.10. The zero-order chi connectivity index (χ0) is 18.8. The van der Waals surface area contributed by atoms with Crippen LogP contribution in [0.3, 0.4) is 0 Å². The molecule has 0 spiro atoms. The van der Waals surface area contributed by atoms with Gasteiger partial charge in [0.25, 0.3) is 0 Å². The summed E-state index contributed by atoms with van der Waals surface area (Å²) in [6.45, 7) is 9.75. The molecule has 1 aromatic rings. The van der Waals surface area contributed by atoms with Crippen LogP contribution in [0.5, 0.6) is 0 Å². The first kappa shape index (κ1) is 20.4. The van der Waals surface area contributed by atoms with Crippen LogP contribution in [-0.2, 0) is 21.2 Å². The summed E-state index contributed by atoms with van der Waals surface area (Å²) >= 11 is 0. The van der Waals surface area contributed by atoms with Gasteiger partial charge in [-0.3, -0.25) is 0 Å². The highest BCUT2D eigenvalue weighted by atomic mass is 32.2. The number of rotatable bonds is 5. The van der Waals surface area contributed by atoms with Crippen LogP contribution in [0.25, 0.3) is 0 Å². The molecule has 132 valence electrons. The molecule has 1 N–H and O–H groups in total. The van der Waals surface area contributed by atoms with Crippen molar-refractivity contribution in [3.63, 3.8) is 0 Å². The number of nitriles is 1. The van der Waals surface area contributed by atoms with Crippen molar-refractivity contribution in [2.24, 2.45) is 0 Å². The average Bonchev–Trinajstić information content (AvgIpc) is 2.44. The first-order chi connectivity index (χ1) is 10.9. The van der Waals surface area contributed by atoms with Gasteiger partial charge in [-0.15, -0.1) is 0 Å². The molecule has 0 fully saturated rings. The summed E-state index contributed by atoms with van der Waals surface area (Å²) in [5, 5.41) is 8.76.